The number of hydrogen-bond acceptors (Lipinski definition) is 3. The summed E-state index contributed by atoms with van der Waals surface area (Å²) >= 11 is 0. The molecule has 0 aromatic carbocycles. The minimum Gasteiger partial charge on any atom is -0.362 e. The minimum absolute atomic E-state index is 0.234. The maximum Gasteiger partial charge on any atom is 0.244 e. The smallest absolute Gasteiger partial charge is 0.244 e. The molecule has 0 amide bonds. The Morgan fingerprint density at radius 1 is 1.21 bits per heavy atom. The molecule has 104 valence electrons. The number of hydrogen-bond donors (Lipinski definition) is 3. The zero-order chi connectivity index (χ0) is 14.2. The molecule has 2 aromatic heterocycles. The van der Waals surface area contributed by atoms with E-state index in [1.54, 1.807) is 13.8 Å². The summed E-state index contributed by atoms with van der Waals surface area (Å²) in [4.78, 5) is 3.38. The van der Waals surface area contributed by atoms with Crippen molar-refractivity contribution in [3.63, 3.8) is 0 Å². The van der Waals surface area contributed by atoms with Crippen molar-refractivity contribution in [2.45, 2.75) is 39.1 Å². The Balaban J connectivity index is 2.21. The Morgan fingerprint density at radius 3 is 2.37 bits per heavy atom. The lowest BCUT2D eigenvalue weighted by Gasteiger charge is -2.06. The molecule has 0 spiro atoms. The maximum atomic E-state index is 12.2. The monoisotopic (exact) mass is 282 g/mol. The van der Waals surface area contributed by atoms with Crippen molar-refractivity contribution in [3.8, 4) is 0 Å². The van der Waals surface area contributed by atoms with Gasteiger partial charge >= 0.3 is 0 Å². The van der Waals surface area contributed by atoms with Gasteiger partial charge in [0.05, 0.1) is 11.4 Å². The Kier molecular flexibility index (Phi) is 3.51. The first-order valence-corrected chi connectivity index (χ1v) is 7.46. The van der Waals surface area contributed by atoms with Gasteiger partial charge in [-0.25, -0.2) is 13.1 Å². The lowest BCUT2D eigenvalue weighted by atomic mass is 10.2. The highest BCUT2D eigenvalue weighted by Gasteiger charge is 2.22. The van der Waals surface area contributed by atoms with Crippen LogP contribution in [0.5, 0.6) is 0 Å². The summed E-state index contributed by atoms with van der Waals surface area (Å²) < 4.78 is 27.1. The van der Waals surface area contributed by atoms with Gasteiger partial charge in [0.25, 0.3) is 0 Å². The molecule has 2 rings (SSSR count). The normalized spacial score (nSPS) is 12.0. The van der Waals surface area contributed by atoms with E-state index in [4.69, 9.17) is 0 Å². The van der Waals surface area contributed by atoms with Crippen LogP contribution in [0.2, 0.25) is 0 Å². The molecule has 0 aliphatic carbocycles. The van der Waals surface area contributed by atoms with Gasteiger partial charge < -0.3 is 4.98 Å². The molecule has 0 saturated heterocycles. The standard InChI is InChI=1S/C12H18N4O2S/c1-7-5-11(8(2)14-7)6-13-19(17,18)12-9(3)15-16-10(12)4/h5,13-14H,6H2,1-4H3,(H,15,16). The van der Waals surface area contributed by atoms with Gasteiger partial charge in [-0.1, -0.05) is 0 Å². The van der Waals surface area contributed by atoms with Crippen LogP contribution >= 0.6 is 0 Å². The summed E-state index contributed by atoms with van der Waals surface area (Å²) in [5.74, 6) is 0. The fraction of sp³-hybridized carbons (Fsp3) is 0.417. The highest BCUT2D eigenvalue weighted by Crippen LogP contribution is 2.17. The number of aromatic nitrogens is 3. The Bertz CT molecular complexity index is 678. The van der Waals surface area contributed by atoms with Crippen molar-refractivity contribution in [2.75, 3.05) is 0 Å². The third-order valence-electron chi connectivity index (χ3n) is 3.04. The molecule has 0 aliphatic rings. The zero-order valence-corrected chi connectivity index (χ0v) is 12.3. The van der Waals surface area contributed by atoms with Crippen LogP contribution in [0.4, 0.5) is 0 Å². The van der Waals surface area contributed by atoms with Crippen LogP contribution in [-0.4, -0.2) is 23.6 Å². The van der Waals surface area contributed by atoms with Crippen LogP contribution in [0.25, 0.3) is 0 Å². The average molecular weight is 282 g/mol. The van der Waals surface area contributed by atoms with E-state index in [2.05, 4.69) is 19.9 Å². The maximum absolute atomic E-state index is 12.2. The topological polar surface area (TPSA) is 90.6 Å². The van der Waals surface area contributed by atoms with Crippen molar-refractivity contribution in [1.29, 1.82) is 0 Å². The van der Waals surface area contributed by atoms with Gasteiger partial charge in [0, 0.05) is 17.9 Å². The first-order chi connectivity index (χ1) is 8.81. The molecular formula is C12H18N4O2S. The van der Waals surface area contributed by atoms with E-state index in [9.17, 15) is 8.42 Å². The average Bonchev–Trinajstić information content (AvgIpc) is 2.79. The van der Waals surface area contributed by atoms with E-state index in [0.717, 1.165) is 17.0 Å². The summed E-state index contributed by atoms with van der Waals surface area (Å²) in [6.45, 7) is 7.49. The molecular weight excluding hydrogens is 264 g/mol. The molecule has 2 aromatic rings. The molecule has 0 fully saturated rings. The first-order valence-electron chi connectivity index (χ1n) is 5.97. The number of aromatic amines is 2. The summed E-state index contributed by atoms with van der Waals surface area (Å²) in [5, 5.41) is 6.59. The van der Waals surface area contributed by atoms with E-state index in [0.29, 0.717) is 11.4 Å². The van der Waals surface area contributed by atoms with Crippen LogP contribution in [0.15, 0.2) is 11.0 Å². The molecule has 0 unspecified atom stereocenters. The molecule has 0 radical (unpaired) electrons. The number of rotatable bonds is 4. The number of nitrogens with one attached hydrogen (secondary N) is 3. The number of sulfonamides is 1. The van der Waals surface area contributed by atoms with E-state index < -0.39 is 10.0 Å². The number of aryl methyl sites for hydroxylation is 4. The quantitative estimate of drug-likeness (QED) is 0.792. The van der Waals surface area contributed by atoms with Crippen LogP contribution in [0, 0.1) is 27.7 Å². The second kappa shape index (κ2) is 4.82. The second-order valence-corrected chi connectivity index (χ2v) is 6.39. The summed E-state index contributed by atoms with van der Waals surface area (Å²) in [6, 6.07) is 1.94. The van der Waals surface area contributed by atoms with Gasteiger partial charge in [-0.15, -0.1) is 0 Å². The Morgan fingerprint density at radius 2 is 1.89 bits per heavy atom. The Hall–Kier alpha value is -1.60. The van der Waals surface area contributed by atoms with Crippen molar-refractivity contribution >= 4 is 10.0 Å². The van der Waals surface area contributed by atoms with E-state index in [1.807, 2.05) is 19.9 Å². The van der Waals surface area contributed by atoms with Crippen LogP contribution < -0.4 is 4.72 Å². The number of nitrogens with zero attached hydrogens (tertiary/aromatic N) is 1. The molecule has 2 heterocycles. The predicted molar refractivity (Wildman–Crippen MR) is 72.4 cm³/mol. The number of H-pyrrole nitrogens is 2. The SMILES string of the molecule is Cc1cc(CNS(=O)(=O)c2c(C)n[nH]c2C)c(C)[nH]1. The molecule has 0 aliphatic heterocycles. The summed E-state index contributed by atoms with van der Waals surface area (Å²) in [5.41, 5.74) is 3.96. The largest absolute Gasteiger partial charge is 0.362 e. The summed E-state index contributed by atoms with van der Waals surface area (Å²) in [7, 11) is -3.54. The highest BCUT2D eigenvalue weighted by molar-refractivity contribution is 7.89. The molecule has 3 N–H and O–H groups in total. The van der Waals surface area contributed by atoms with Crippen molar-refractivity contribution in [1.82, 2.24) is 19.9 Å². The van der Waals surface area contributed by atoms with Gasteiger partial charge in [0.2, 0.25) is 10.0 Å². The highest BCUT2D eigenvalue weighted by atomic mass is 32.2. The molecule has 6 nitrogen and oxygen atoms in total. The predicted octanol–water partition coefficient (Wildman–Crippen LogP) is 1.45. The van der Waals surface area contributed by atoms with Gasteiger partial charge in [-0.05, 0) is 39.3 Å². The lowest BCUT2D eigenvalue weighted by Crippen LogP contribution is -2.24. The minimum atomic E-state index is -3.54. The fourth-order valence-electron chi connectivity index (χ4n) is 2.15. The van der Waals surface area contributed by atoms with Gasteiger partial charge in [-0.3, -0.25) is 5.10 Å². The van der Waals surface area contributed by atoms with E-state index in [1.165, 1.54) is 0 Å². The Labute approximate surface area is 112 Å². The first kappa shape index (κ1) is 13.8. The molecule has 7 heteroatoms. The fourth-order valence-corrected chi connectivity index (χ4v) is 3.52. The zero-order valence-electron chi connectivity index (χ0n) is 11.5. The lowest BCUT2D eigenvalue weighted by molar-refractivity contribution is 0.580. The molecule has 0 bridgehead atoms. The molecule has 0 saturated carbocycles. The van der Waals surface area contributed by atoms with Gasteiger partial charge in [0.1, 0.15) is 4.90 Å². The van der Waals surface area contributed by atoms with Crippen LogP contribution in [-0.2, 0) is 16.6 Å². The van der Waals surface area contributed by atoms with Crippen molar-refractivity contribution in [2.24, 2.45) is 0 Å². The second-order valence-electron chi connectivity index (χ2n) is 4.69. The van der Waals surface area contributed by atoms with E-state index in [-0.39, 0.29) is 11.4 Å². The van der Waals surface area contributed by atoms with Crippen molar-refractivity contribution < 1.29 is 8.42 Å². The molecule has 19 heavy (non-hydrogen) atoms. The van der Waals surface area contributed by atoms with Crippen molar-refractivity contribution in [3.05, 3.63) is 34.4 Å². The van der Waals surface area contributed by atoms with Gasteiger partial charge in [0.15, 0.2) is 0 Å². The van der Waals surface area contributed by atoms with E-state index >= 15 is 0 Å². The molecule has 0 atom stereocenters. The van der Waals surface area contributed by atoms with Gasteiger partial charge in [-0.2, -0.15) is 5.10 Å². The van der Waals surface area contributed by atoms with Crippen LogP contribution in [0.3, 0.4) is 0 Å². The van der Waals surface area contributed by atoms with Crippen LogP contribution in [0.1, 0.15) is 28.3 Å². The third kappa shape index (κ3) is 2.71. The summed E-state index contributed by atoms with van der Waals surface area (Å²) in [6.07, 6.45) is 0. The third-order valence-corrected chi connectivity index (χ3v) is 4.70.